The lowest BCUT2D eigenvalue weighted by atomic mass is 10.0. The van der Waals surface area contributed by atoms with Gasteiger partial charge in [-0.15, -0.1) is 0 Å². The summed E-state index contributed by atoms with van der Waals surface area (Å²) in [6.07, 6.45) is 7.96. The number of hydrogen-bond acceptors (Lipinski definition) is 4. The van der Waals surface area contributed by atoms with Crippen LogP contribution >= 0.6 is 11.6 Å². The minimum Gasteiger partial charge on any atom is -0.361 e. The average molecular weight is 453 g/mol. The second-order valence-electron chi connectivity index (χ2n) is 8.04. The zero-order valence-electron chi connectivity index (χ0n) is 17.9. The first-order chi connectivity index (χ1) is 15.4. The van der Waals surface area contributed by atoms with E-state index in [1.54, 1.807) is 30.8 Å². The molecule has 9 heteroatoms. The van der Waals surface area contributed by atoms with Gasteiger partial charge in [-0.1, -0.05) is 43.6 Å². The molecular formula is C23H25ClN6O2. The summed E-state index contributed by atoms with van der Waals surface area (Å²) in [7, 11) is 0. The summed E-state index contributed by atoms with van der Waals surface area (Å²) in [5.74, 6) is -0.595. The monoisotopic (exact) mass is 452 g/mol. The molecule has 3 N–H and O–H groups in total. The molecule has 0 fully saturated rings. The molecule has 0 aliphatic carbocycles. The highest BCUT2D eigenvalue weighted by atomic mass is 35.5. The maximum absolute atomic E-state index is 13.0. The van der Waals surface area contributed by atoms with Crippen LogP contribution in [0.15, 0.2) is 49.1 Å². The molecule has 0 aliphatic rings. The molecule has 0 aliphatic heterocycles. The fraction of sp³-hybridized carbons (Fsp3) is 0.304. The molecule has 0 saturated carbocycles. The number of carbonyl (C=O) groups is 2. The quantitative estimate of drug-likeness (QED) is 0.382. The normalized spacial score (nSPS) is 12.4. The van der Waals surface area contributed by atoms with Crippen LogP contribution in [0.25, 0.3) is 16.6 Å². The largest absolute Gasteiger partial charge is 0.361 e. The van der Waals surface area contributed by atoms with Crippen LogP contribution in [0.3, 0.4) is 0 Å². The van der Waals surface area contributed by atoms with E-state index in [-0.39, 0.29) is 17.7 Å². The number of aromatic amines is 1. The molecule has 4 aromatic rings. The Morgan fingerprint density at radius 3 is 2.81 bits per heavy atom. The van der Waals surface area contributed by atoms with Crippen LogP contribution in [0.4, 0.5) is 0 Å². The molecule has 1 aromatic carbocycles. The van der Waals surface area contributed by atoms with Crippen molar-refractivity contribution in [1.82, 2.24) is 30.2 Å². The highest BCUT2D eigenvalue weighted by Gasteiger charge is 2.23. The van der Waals surface area contributed by atoms with Gasteiger partial charge in [0.1, 0.15) is 11.1 Å². The van der Waals surface area contributed by atoms with Crippen LogP contribution in [-0.4, -0.2) is 44.0 Å². The van der Waals surface area contributed by atoms with Gasteiger partial charge in [0.25, 0.3) is 0 Å². The van der Waals surface area contributed by atoms with E-state index >= 15 is 0 Å². The summed E-state index contributed by atoms with van der Waals surface area (Å²) >= 11 is 6.02. The summed E-state index contributed by atoms with van der Waals surface area (Å²) < 4.78 is 1.61. The van der Waals surface area contributed by atoms with Gasteiger partial charge in [0.15, 0.2) is 5.65 Å². The maximum Gasteiger partial charge on any atom is 0.242 e. The highest BCUT2D eigenvalue weighted by Crippen LogP contribution is 2.19. The van der Waals surface area contributed by atoms with Crippen LogP contribution < -0.4 is 10.6 Å². The first-order valence-corrected chi connectivity index (χ1v) is 10.9. The van der Waals surface area contributed by atoms with E-state index in [1.165, 1.54) is 0 Å². The lowest BCUT2D eigenvalue weighted by Gasteiger charge is -2.19. The van der Waals surface area contributed by atoms with Crippen molar-refractivity contribution in [2.45, 2.75) is 32.7 Å². The molecule has 4 rings (SSSR count). The molecule has 166 valence electrons. The second-order valence-corrected chi connectivity index (χ2v) is 8.45. The number of benzene rings is 1. The third kappa shape index (κ3) is 4.75. The number of H-pyrrole nitrogens is 1. The summed E-state index contributed by atoms with van der Waals surface area (Å²) in [6.45, 7) is 4.02. The summed E-state index contributed by atoms with van der Waals surface area (Å²) in [5.41, 5.74) is 3.49. The number of carbonyl (C=O) groups excluding carboxylic acids is 2. The standard InChI is InChI=1S/C23H25ClN6O2/c1-14(2)22(31)29-20(9-16-11-26-19-6-4-3-5-17(16)19)23(32)25-8-7-15-10-27-21-18(24)12-28-30(21)13-15/h3-6,10-14,20,26H,7-9H2,1-2H3,(H,25,32)(H,29,31). The number of fused-ring (bicyclic) bond motifs is 2. The van der Waals surface area contributed by atoms with E-state index < -0.39 is 6.04 Å². The maximum atomic E-state index is 13.0. The summed E-state index contributed by atoms with van der Waals surface area (Å²) in [4.78, 5) is 32.9. The van der Waals surface area contributed by atoms with Gasteiger partial charge in [-0.3, -0.25) is 9.59 Å². The molecule has 3 heterocycles. The molecule has 0 bridgehead atoms. The second kappa shape index (κ2) is 9.40. The molecule has 1 atom stereocenters. The Balaban J connectivity index is 1.43. The molecule has 0 spiro atoms. The molecule has 0 radical (unpaired) electrons. The predicted octanol–water partition coefficient (Wildman–Crippen LogP) is 2.91. The van der Waals surface area contributed by atoms with Gasteiger partial charge in [-0.25, -0.2) is 9.50 Å². The van der Waals surface area contributed by atoms with Crippen LogP contribution in [0, 0.1) is 5.92 Å². The van der Waals surface area contributed by atoms with Gasteiger partial charge in [0, 0.05) is 48.4 Å². The number of nitrogens with one attached hydrogen (secondary N) is 3. The number of para-hydroxylation sites is 1. The molecule has 8 nitrogen and oxygen atoms in total. The van der Waals surface area contributed by atoms with Gasteiger partial charge < -0.3 is 15.6 Å². The SMILES string of the molecule is CC(C)C(=O)NC(Cc1c[nH]c2ccccc12)C(=O)NCCc1cnc2c(Cl)cnn2c1. The van der Waals surface area contributed by atoms with Gasteiger partial charge in [-0.05, 0) is 23.6 Å². The van der Waals surface area contributed by atoms with E-state index in [0.29, 0.717) is 30.1 Å². The number of halogens is 1. The van der Waals surface area contributed by atoms with Crippen molar-refractivity contribution in [1.29, 1.82) is 0 Å². The predicted molar refractivity (Wildman–Crippen MR) is 123 cm³/mol. The fourth-order valence-corrected chi connectivity index (χ4v) is 3.71. The molecule has 1 unspecified atom stereocenters. The number of aromatic nitrogens is 4. The van der Waals surface area contributed by atoms with Crippen molar-refractivity contribution >= 4 is 40.0 Å². The number of nitrogens with zero attached hydrogens (tertiary/aromatic N) is 3. The molecular weight excluding hydrogens is 428 g/mol. The van der Waals surface area contributed by atoms with Crippen LogP contribution in [-0.2, 0) is 22.4 Å². The smallest absolute Gasteiger partial charge is 0.242 e. The Kier molecular flexibility index (Phi) is 6.41. The Morgan fingerprint density at radius 2 is 2.00 bits per heavy atom. The first kappa shape index (κ1) is 21.8. The third-order valence-electron chi connectivity index (χ3n) is 5.34. The van der Waals surface area contributed by atoms with Crippen molar-refractivity contribution in [3.8, 4) is 0 Å². The van der Waals surface area contributed by atoms with E-state index in [0.717, 1.165) is 22.0 Å². The summed E-state index contributed by atoms with van der Waals surface area (Å²) in [5, 5.41) is 11.5. The Morgan fingerprint density at radius 1 is 1.19 bits per heavy atom. The Labute approximate surface area is 190 Å². The number of amides is 2. The van der Waals surface area contributed by atoms with Crippen molar-refractivity contribution < 1.29 is 9.59 Å². The molecule has 3 aromatic heterocycles. The molecule has 32 heavy (non-hydrogen) atoms. The van der Waals surface area contributed by atoms with E-state index in [4.69, 9.17) is 11.6 Å². The Bertz CT molecular complexity index is 1260. The van der Waals surface area contributed by atoms with Crippen molar-refractivity contribution in [2.24, 2.45) is 5.92 Å². The zero-order valence-corrected chi connectivity index (χ0v) is 18.7. The van der Waals surface area contributed by atoms with Gasteiger partial charge in [-0.2, -0.15) is 5.10 Å². The van der Waals surface area contributed by atoms with E-state index in [9.17, 15) is 9.59 Å². The average Bonchev–Trinajstić information content (AvgIpc) is 3.36. The minimum atomic E-state index is -0.672. The van der Waals surface area contributed by atoms with Gasteiger partial charge in [0.2, 0.25) is 11.8 Å². The van der Waals surface area contributed by atoms with Crippen LogP contribution in [0.1, 0.15) is 25.0 Å². The number of rotatable bonds is 8. The van der Waals surface area contributed by atoms with E-state index in [1.807, 2.05) is 36.7 Å². The third-order valence-corrected chi connectivity index (χ3v) is 5.60. The Hall–Kier alpha value is -3.39. The minimum absolute atomic E-state index is 0.157. The van der Waals surface area contributed by atoms with Crippen molar-refractivity contribution in [2.75, 3.05) is 6.54 Å². The van der Waals surface area contributed by atoms with Gasteiger partial charge in [0.05, 0.1) is 6.20 Å². The topological polar surface area (TPSA) is 104 Å². The highest BCUT2D eigenvalue weighted by molar-refractivity contribution is 6.33. The molecule has 2 amide bonds. The van der Waals surface area contributed by atoms with Crippen LogP contribution in [0.2, 0.25) is 5.02 Å². The summed E-state index contributed by atoms with van der Waals surface area (Å²) in [6, 6.07) is 7.23. The fourth-order valence-electron chi connectivity index (χ4n) is 3.53. The lowest BCUT2D eigenvalue weighted by Crippen LogP contribution is -2.49. The van der Waals surface area contributed by atoms with Crippen molar-refractivity contribution in [3.63, 3.8) is 0 Å². The van der Waals surface area contributed by atoms with Crippen LogP contribution in [0.5, 0.6) is 0 Å². The van der Waals surface area contributed by atoms with Crippen molar-refractivity contribution in [3.05, 3.63) is 65.2 Å². The van der Waals surface area contributed by atoms with E-state index in [2.05, 4.69) is 25.7 Å². The number of hydrogen-bond donors (Lipinski definition) is 3. The van der Waals surface area contributed by atoms with Gasteiger partial charge >= 0.3 is 0 Å². The first-order valence-electron chi connectivity index (χ1n) is 10.5. The molecule has 0 saturated heterocycles. The lowest BCUT2D eigenvalue weighted by molar-refractivity contribution is -0.130. The zero-order chi connectivity index (χ0) is 22.7.